The summed E-state index contributed by atoms with van der Waals surface area (Å²) >= 11 is 0. The van der Waals surface area contributed by atoms with Gasteiger partial charge in [-0.15, -0.1) is 0 Å². The summed E-state index contributed by atoms with van der Waals surface area (Å²) in [4.78, 5) is 14.2. The zero-order valence-electron chi connectivity index (χ0n) is 10.5. The zero-order valence-corrected chi connectivity index (χ0v) is 10.5. The molecule has 4 nitrogen and oxygen atoms in total. The van der Waals surface area contributed by atoms with Crippen molar-refractivity contribution in [1.29, 1.82) is 0 Å². The van der Waals surface area contributed by atoms with Gasteiger partial charge in [0.15, 0.2) is 0 Å². The van der Waals surface area contributed by atoms with E-state index in [9.17, 15) is 4.79 Å². The van der Waals surface area contributed by atoms with Crippen molar-refractivity contribution in [3.63, 3.8) is 0 Å². The van der Waals surface area contributed by atoms with Crippen molar-refractivity contribution >= 4 is 11.6 Å². The molecule has 0 aliphatic carbocycles. The highest BCUT2D eigenvalue weighted by Crippen LogP contribution is 2.25. The summed E-state index contributed by atoms with van der Waals surface area (Å²) in [5.74, 6) is 0.0226. The van der Waals surface area contributed by atoms with Crippen LogP contribution in [-0.2, 0) is 0 Å². The first kappa shape index (κ1) is 11.0. The highest BCUT2D eigenvalue weighted by atomic mass is 16.2. The SMILES string of the molecule is Cc1ccc(N2C[C@H](C)n3nccc3C2=O)cc1. The lowest BCUT2D eigenvalue weighted by Crippen LogP contribution is -2.42. The number of hydrogen-bond donors (Lipinski definition) is 0. The summed E-state index contributed by atoms with van der Waals surface area (Å²) in [6, 6.07) is 10.0. The molecule has 0 fully saturated rings. The van der Waals surface area contributed by atoms with E-state index < -0.39 is 0 Å². The Kier molecular flexibility index (Phi) is 2.44. The van der Waals surface area contributed by atoms with Gasteiger partial charge in [-0.3, -0.25) is 9.48 Å². The maximum Gasteiger partial charge on any atom is 0.276 e. The van der Waals surface area contributed by atoms with Crippen LogP contribution in [0.4, 0.5) is 5.69 Å². The van der Waals surface area contributed by atoms with E-state index in [2.05, 4.69) is 12.0 Å². The quantitative estimate of drug-likeness (QED) is 0.769. The first-order valence-electron chi connectivity index (χ1n) is 6.09. The van der Waals surface area contributed by atoms with Gasteiger partial charge >= 0.3 is 0 Å². The predicted molar refractivity (Wildman–Crippen MR) is 69.8 cm³/mol. The minimum absolute atomic E-state index is 0.0226. The van der Waals surface area contributed by atoms with Crippen molar-refractivity contribution in [2.75, 3.05) is 11.4 Å². The number of rotatable bonds is 1. The maximum atomic E-state index is 12.4. The lowest BCUT2D eigenvalue weighted by molar-refractivity contribution is 0.0953. The molecule has 0 N–H and O–H groups in total. The van der Waals surface area contributed by atoms with Crippen LogP contribution in [0.5, 0.6) is 0 Å². The summed E-state index contributed by atoms with van der Waals surface area (Å²) in [7, 11) is 0. The standard InChI is InChI=1S/C14H15N3O/c1-10-3-5-12(6-4-10)16-9-11(2)17-13(14(16)18)7-8-15-17/h3-8,11H,9H2,1-2H3/t11-/m0/s1. The van der Waals surface area contributed by atoms with Gasteiger partial charge in [0.25, 0.3) is 5.91 Å². The Hall–Kier alpha value is -2.10. The van der Waals surface area contributed by atoms with Crippen molar-refractivity contribution in [1.82, 2.24) is 9.78 Å². The van der Waals surface area contributed by atoms with E-state index in [1.54, 1.807) is 16.9 Å². The van der Waals surface area contributed by atoms with E-state index in [4.69, 9.17) is 0 Å². The number of carbonyl (C=O) groups excluding carboxylic acids is 1. The van der Waals surface area contributed by atoms with Gasteiger partial charge < -0.3 is 4.90 Å². The molecular formula is C14H15N3O. The molecule has 2 heterocycles. The van der Waals surface area contributed by atoms with Crippen molar-refractivity contribution in [2.24, 2.45) is 0 Å². The normalized spacial score (nSPS) is 18.9. The largest absolute Gasteiger partial charge is 0.305 e. The van der Waals surface area contributed by atoms with Gasteiger partial charge in [-0.05, 0) is 32.0 Å². The first-order valence-corrected chi connectivity index (χ1v) is 6.09. The molecule has 1 amide bonds. The number of fused-ring (bicyclic) bond motifs is 1. The molecule has 92 valence electrons. The minimum Gasteiger partial charge on any atom is -0.305 e. The Morgan fingerprint density at radius 1 is 1.22 bits per heavy atom. The summed E-state index contributed by atoms with van der Waals surface area (Å²) in [5.41, 5.74) is 2.81. The minimum atomic E-state index is 0.0226. The molecule has 1 aliphatic rings. The molecule has 1 aromatic heterocycles. The Morgan fingerprint density at radius 2 is 1.94 bits per heavy atom. The van der Waals surface area contributed by atoms with Gasteiger partial charge in [0, 0.05) is 18.4 Å². The second-order valence-corrected chi connectivity index (χ2v) is 4.76. The van der Waals surface area contributed by atoms with Crippen molar-refractivity contribution in [3.8, 4) is 0 Å². The van der Waals surface area contributed by atoms with Crippen molar-refractivity contribution < 1.29 is 4.79 Å². The summed E-state index contributed by atoms with van der Waals surface area (Å²) < 4.78 is 1.80. The third-order valence-corrected chi connectivity index (χ3v) is 3.34. The van der Waals surface area contributed by atoms with Crippen LogP contribution in [0.3, 0.4) is 0 Å². The molecule has 18 heavy (non-hydrogen) atoms. The van der Waals surface area contributed by atoms with E-state index in [1.807, 2.05) is 36.1 Å². The number of aryl methyl sites for hydroxylation is 1. The Balaban J connectivity index is 2.01. The van der Waals surface area contributed by atoms with E-state index in [0.717, 1.165) is 5.69 Å². The summed E-state index contributed by atoms with van der Waals surface area (Å²) in [6.45, 7) is 4.78. The zero-order chi connectivity index (χ0) is 12.7. The van der Waals surface area contributed by atoms with Crippen LogP contribution in [0.25, 0.3) is 0 Å². The number of benzene rings is 1. The molecule has 1 atom stereocenters. The molecule has 0 spiro atoms. The van der Waals surface area contributed by atoms with Crippen LogP contribution in [0.2, 0.25) is 0 Å². The lowest BCUT2D eigenvalue weighted by atomic mass is 10.1. The van der Waals surface area contributed by atoms with Crippen molar-refractivity contribution in [3.05, 3.63) is 47.8 Å². The average Bonchev–Trinajstić information content (AvgIpc) is 2.85. The van der Waals surface area contributed by atoms with Gasteiger partial charge in [-0.2, -0.15) is 5.10 Å². The van der Waals surface area contributed by atoms with Crippen LogP contribution in [0, 0.1) is 6.92 Å². The number of aromatic nitrogens is 2. The maximum absolute atomic E-state index is 12.4. The second kappa shape index (κ2) is 3.98. The molecule has 2 aromatic rings. The van der Waals surface area contributed by atoms with E-state index >= 15 is 0 Å². The monoisotopic (exact) mass is 241 g/mol. The Bertz CT molecular complexity index is 585. The topological polar surface area (TPSA) is 38.1 Å². The first-order chi connectivity index (χ1) is 8.66. The number of amides is 1. The fourth-order valence-electron chi connectivity index (χ4n) is 2.34. The number of carbonyl (C=O) groups is 1. The average molecular weight is 241 g/mol. The second-order valence-electron chi connectivity index (χ2n) is 4.76. The van der Waals surface area contributed by atoms with E-state index in [-0.39, 0.29) is 11.9 Å². The number of nitrogens with zero attached hydrogens (tertiary/aromatic N) is 3. The molecule has 0 bridgehead atoms. The molecule has 0 unspecified atom stereocenters. The smallest absolute Gasteiger partial charge is 0.276 e. The molecule has 1 aliphatic heterocycles. The number of hydrogen-bond acceptors (Lipinski definition) is 2. The van der Waals surface area contributed by atoms with Gasteiger partial charge in [-0.25, -0.2) is 0 Å². The van der Waals surface area contributed by atoms with E-state index in [1.165, 1.54) is 5.56 Å². The molecule has 0 radical (unpaired) electrons. The highest BCUT2D eigenvalue weighted by molar-refractivity contribution is 6.05. The van der Waals surface area contributed by atoms with Crippen LogP contribution < -0.4 is 4.90 Å². The van der Waals surface area contributed by atoms with Gasteiger partial charge in [-0.1, -0.05) is 17.7 Å². The summed E-state index contributed by atoms with van der Waals surface area (Å²) in [6.07, 6.45) is 1.68. The molecule has 3 rings (SSSR count). The number of anilines is 1. The summed E-state index contributed by atoms with van der Waals surface area (Å²) in [5, 5.41) is 4.20. The molecular weight excluding hydrogens is 226 g/mol. The van der Waals surface area contributed by atoms with Crippen molar-refractivity contribution in [2.45, 2.75) is 19.9 Å². The van der Waals surface area contributed by atoms with Crippen LogP contribution in [0.15, 0.2) is 36.5 Å². The molecule has 1 aromatic carbocycles. The van der Waals surface area contributed by atoms with Crippen LogP contribution in [0.1, 0.15) is 29.0 Å². The Morgan fingerprint density at radius 3 is 2.67 bits per heavy atom. The Labute approximate surface area is 106 Å². The van der Waals surface area contributed by atoms with Gasteiger partial charge in [0.1, 0.15) is 5.69 Å². The lowest BCUT2D eigenvalue weighted by Gasteiger charge is -2.31. The third kappa shape index (κ3) is 1.61. The van der Waals surface area contributed by atoms with E-state index in [0.29, 0.717) is 12.2 Å². The predicted octanol–water partition coefficient (Wildman–Crippen LogP) is 2.41. The van der Waals surface area contributed by atoms with Gasteiger partial charge in [0.2, 0.25) is 0 Å². The van der Waals surface area contributed by atoms with Crippen LogP contribution in [-0.4, -0.2) is 22.2 Å². The van der Waals surface area contributed by atoms with Gasteiger partial charge in [0.05, 0.1) is 6.04 Å². The third-order valence-electron chi connectivity index (χ3n) is 3.34. The highest BCUT2D eigenvalue weighted by Gasteiger charge is 2.30. The molecule has 4 heteroatoms. The van der Waals surface area contributed by atoms with Crippen LogP contribution >= 0.6 is 0 Å². The molecule has 0 saturated carbocycles. The fraction of sp³-hybridized carbons (Fsp3) is 0.286. The molecule has 0 saturated heterocycles. The fourth-order valence-corrected chi connectivity index (χ4v) is 2.34.